The van der Waals surface area contributed by atoms with Crippen molar-refractivity contribution >= 4 is 40.6 Å². The zero-order chi connectivity index (χ0) is 18.8. The first kappa shape index (κ1) is 17.9. The number of morpholine rings is 1. The summed E-state index contributed by atoms with van der Waals surface area (Å²) in [6.45, 7) is 5.10. The van der Waals surface area contributed by atoms with Crippen molar-refractivity contribution in [1.29, 1.82) is 0 Å². The van der Waals surface area contributed by atoms with E-state index in [-0.39, 0.29) is 17.1 Å². The van der Waals surface area contributed by atoms with Crippen LogP contribution in [0, 0.1) is 0 Å². The van der Waals surface area contributed by atoms with Crippen LogP contribution in [0.15, 0.2) is 47.4 Å². The first-order valence-electron chi connectivity index (χ1n) is 8.96. The number of anilines is 3. The molecule has 7 heteroatoms. The highest BCUT2D eigenvalue weighted by molar-refractivity contribution is 8.00. The maximum absolute atomic E-state index is 12.6. The Morgan fingerprint density at radius 3 is 2.67 bits per heavy atom. The monoisotopic (exact) mass is 383 g/mol. The molecule has 0 spiro atoms. The van der Waals surface area contributed by atoms with Crippen LogP contribution in [0.1, 0.15) is 17.3 Å². The fourth-order valence-electron chi connectivity index (χ4n) is 3.13. The minimum atomic E-state index is -0.199. The predicted molar refractivity (Wildman–Crippen MR) is 108 cm³/mol. The van der Waals surface area contributed by atoms with Crippen molar-refractivity contribution in [2.75, 3.05) is 41.8 Å². The number of amides is 2. The molecular formula is C20H21N3O3S. The number of fused-ring (bicyclic) bond motifs is 1. The van der Waals surface area contributed by atoms with Gasteiger partial charge in [-0.3, -0.25) is 9.59 Å². The van der Waals surface area contributed by atoms with Gasteiger partial charge in [0.05, 0.1) is 24.2 Å². The first-order chi connectivity index (χ1) is 13.1. The molecule has 0 radical (unpaired) electrons. The van der Waals surface area contributed by atoms with Crippen molar-refractivity contribution in [3.63, 3.8) is 0 Å². The van der Waals surface area contributed by atoms with Gasteiger partial charge in [-0.1, -0.05) is 0 Å². The summed E-state index contributed by atoms with van der Waals surface area (Å²) in [6, 6.07) is 13.2. The van der Waals surface area contributed by atoms with Crippen molar-refractivity contribution in [2.45, 2.75) is 17.1 Å². The topological polar surface area (TPSA) is 70.7 Å². The Morgan fingerprint density at radius 2 is 1.93 bits per heavy atom. The largest absolute Gasteiger partial charge is 0.378 e. The van der Waals surface area contributed by atoms with E-state index >= 15 is 0 Å². The van der Waals surface area contributed by atoms with E-state index in [0.29, 0.717) is 11.3 Å². The van der Waals surface area contributed by atoms with Crippen LogP contribution in [0.2, 0.25) is 0 Å². The Hall–Kier alpha value is -2.51. The molecular weight excluding hydrogens is 362 g/mol. The summed E-state index contributed by atoms with van der Waals surface area (Å²) in [5, 5.41) is 5.65. The van der Waals surface area contributed by atoms with E-state index in [1.807, 2.05) is 37.3 Å². The van der Waals surface area contributed by atoms with Gasteiger partial charge in [-0.05, 0) is 49.4 Å². The Bertz CT molecular complexity index is 863. The van der Waals surface area contributed by atoms with Gasteiger partial charge in [-0.15, -0.1) is 11.8 Å². The number of ether oxygens (including phenoxy) is 1. The Kier molecular flexibility index (Phi) is 5.05. The van der Waals surface area contributed by atoms with E-state index in [9.17, 15) is 9.59 Å². The second-order valence-corrected chi connectivity index (χ2v) is 7.94. The molecule has 2 aromatic carbocycles. The molecule has 2 N–H and O–H groups in total. The molecule has 0 bridgehead atoms. The third kappa shape index (κ3) is 3.94. The molecule has 2 aliphatic rings. The highest BCUT2D eigenvalue weighted by Gasteiger charge is 2.23. The smallest absolute Gasteiger partial charge is 0.255 e. The molecule has 1 atom stereocenters. The number of hydrogen-bond acceptors (Lipinski definition) is 5. The number of nitrogens with one attached hydrogen (secondary N) is 2. The Labute approximate surface area is 162 Å². The number of thioether (sulfide) groups is 1. The molecule has 0 aliphatic carbocycles. The highest BCUT2D eigenvalue weighted by atomic mass is 32.2. The normalized spacial score (nSPS) is 19.2. The van der Waals surface area contributed by atoms with Crippen LogP contribution in [0.25, 0.3) is 0 Å². The summed E-state index contributed by atoms with van der Waals surface area (Å²) in [6.07, 6.45) is 0. The molecule has 140 valence electrons. The van der Waals surface area contributed by atoms with Gasteiger partial charge in [0.25, 0.3) is 5.91 Å². The quantitative estimate of drug-likeness (QED) is 0.852. The highest BCUT2D eigenvalue weighted by Crippen LogP contribution is 2.36. The summed E-state index contributed by atoms with van der Waals surface area (Å²) in [4.78, 5) is 27.7. The van der Waals surface area contributed by atoms with Crippen LogP contribution >= 0.6 is 11.8 Å². The predicted octanol–water partition coefficient (Wildman–Crippen LogP) is 3.21. The van der Waals surface area contributed by atoms with E-state index in [2.05, 4.69) is 15.5 Å². The van der Waals surface area contributed by atoms with Gasteiger partial charge in [-0.25, -0.2) is 0 Å². The van der Waals surface area contributed by atoms with Gasteiger partial charge in [-0.2, -0.15) is 0 Å². The summed E-state index contributed by atoms with van der Waals surface area (Å²) < 4.78 is 5.37. The van der Waals surface area contributed by atoms with Gasteiger partial charge in [0.2, 0.25) is 5.91 Å². The fourth-order valence-corrected chi connectivity index (χ4v) is 4.06. The van der Waals surface area contributed by atoms with Crippen LogP contribution in [-0.2, 0) is 9.53 Å². The van der Waals surface area contributed by atoms with Gasteiger partial charge >= 0.3 is 0 Å². The van der Waals surface area contributed by atoms with Crippen LogP contribution in [0.4, 0.5) is 17.1 Å². The molecule has 2 heterocycles. The van der Waals surface area contributed by atoms with Crippen molar-refractivity contribution in [3.8, 4) is 0 Å². The third-order valence-electron chi connectivity index (χ3n) is 4.67. The lowest BCUT2D eigenvalue weighted by molar-refractivity contribution is -0.115. The van der Waals surface area contributed by atoms with Crippen molar-refractivity contribution in [1.82, 2.24) is 0 Å². The zero-order valence-corrected chi connectivity index (χ0v) is 15.8. The number of hydrogen-bond donors (Lipinski definition) is 2. The summed E-state index contributed by atoms with van der Waals surface area (Å²) >= 11 is 1.50. The maximum atomic E-state index is 12.6. The van der Waals surface area contributed by atoms with Gasteiger partial charge < -0.3 is 20.3 Å². The lowest BCUT2D eigenvalue weighted by Crippen LogP contribution is -2.36. The molecule has 0 unspecified atom stereocenters. The van der Waals surface area contributed by atoms with E-state index in [1.54, 1.807) is 12.1 Å². The van der Waals surface area contributed by atoms with Crippen LogP contribution in [-0.4, -0.2) is 43.4 Å². The third-order valence-corrected chi connectivity index (χ3v) is 5.85. The minimum Gasteiger partial charge on any atom is -0.378 e. The molecule has 0 aromatic heterocycles. The molecule has 6 nitrogen and oxygen atoms in total. The van der Waals surface area contributed by atoms with E-state index < -0.39 is 0 Å². The molecule has 2 amide bonds. The molecule has 4 rings (SSSR count). The van der Waals surface area contributed by atoms with Gasteiger partial charge in [0.15, 0.2) is 0 Å². The SMILES string of the molecule is C[C@H]1Sc2ccc(C(=O)Nc3ccc(N4CCOCC4)cc3)cc2NC1=O. The zero-order valence-electron chi connectivity index (χ0n) is 15.0. The number of nitrogens with zero attached hydrogens (tertiary/aromatic N) is 1. The van der Waals surface area contributed by atoms with E-state index in [0.717, 1.165) is 42.6 Å². The van der Waals surface area contributed by atoms with Crippen LogP contribution < -0.4 is 15.5 Å². The minimum absolute atomic E-state index is 0.0382. The van der Waals surface area contributed by atoms with Gasteiger partial charge in [0.1, 0.15) is 0 Å². The summed E-state index contributed by atoms with van der Waals surface area (Å²) in [7, 11) is 0. The van der Waals surface area contributed by atoms with Gasteiger partial charge in [0, 0.05) is 34.9 Å². The van der Waals surface area contributed by atoms with Crippen molar-refractivity contribution < 1.29 is 14.3 Å². The fraction of sp³-hybridized carbons (Fsp3) is 0.300. The van der Waals surface area contributed by atoms with E-state index in [1.165, 1.54) is 11.8 Å². The van der Waals surface area contributed by atoms with E-state index in [4.69, 9.17) is 4.74 Å². The lowest BCUT2D eigenvalue weighted by Gasteiger charge is -2.28. The van der Waals surface area contributed by atoms with Crippen molar-refractivity contribution in [2.24, 2.45) is 0 Å². The van der Waals surface area contributed by atoms with Crippen LogP contribution in [0.5, 0.6) is 0 Å². The number of benzene rings is 2. The molecule has 2 aliphatic heterocycles. The number of carbonyl (C=O) groups excluding carboxylic acids is 2. The molecule has 27 heavy (non-hydrogen) atoms. The second-order valence-electron chi connectivity index (χ2n) is 6.56. The lowest BCUT2D eigenvalue weighted by atomic mass is 10.1. The number of carbonyl (C=O) groups is 2. The molecule has 1 fully saturated rings. The van der Waals surface area contributed by atoms with Crippen molar-refractivity contribution in [3.05, 3.63) is 48.0 Å². The molecule has 1 saturated heterocycles. The Balaban J connectivity index is 1.44. The van der Waals surface area contributed by atoms with Crippen LogP contribution in [0.3, 0.4) is 0 Å². The summed E-state index contributed by atoms with van der Waals surface area (Å²) in [5.74, 6) is -0.237. The standard InChI is InChI=1S/C20H21N3O3S/c1-13-19(24)22-17-12-14(2-7-18(17)27-13)20(25)21-15-3-5-16(6-4-15)23-8-10-26-11-9-23/h2-7,12-13H,8-11H2,1H3,(H,21,25)(H,22,24)/t13-/m1/s1. The maximum Gasteiger partial charge on any atom is 0.255 e. The average molecular weight is 383 g/mol. The Morgan fingerprint density at radius 1 is 1.19 bits per heavy atom. The molecule has 0 saturated carbocycles. The molecule has 2 aromatic rings. The number of rotatable bonds is 3. The summed E-state index contributed by atoms with van der Waals surface area (Å²) in [5.41, 5.74) is 3.07. The first-order valence-corrected chi connectivity index (χ1v) is 9.84. The second kappa shape index (κ2) is 7.62. The average Bonchev–Trinajstić information content (AvgIpc) is 2.70.